The lowest BCUT2D eigenvalue weighted by atomic mass is 9.84. The molecule has 0 aliphatic carbocycles. The Balaban J connectivity index is 1.17. The van der Waals surface area contributed by atoms with E-state index in [2.05, 4.69) is 189 Å². The van der Waals surface area contributed by atoms with Gasteiger partial charge in [0, 0.05) is 51.8 Å². The zero-order valence-corrected chi connectivity index (χ0v) is 42.7. The van der Waals surface area contributed by atoms with E-state index in [1.165, 1.54) is 91.5 Å². The van der Waals surface area contributed by atoms with Crippen molar-refractivity contribution in [3.63, 3.8) is 0 Å². The number of unbranched alkanes of at least 4 members (excludes halogenated alkanes) is 10. The Hall–Kier alpha value is -6.78. The predicted molar refractivity (Wildman–Crippen MR) is 272 cm³/mol. The Kier molecular flexibility index (Phi) is 24.9. The fourth-order valence-corrected chi connectivity index (χ4v) is 9.21. The summed E-state index contributed by atoms with van der Waals surface area (Å²) in [5, 5.41) is 54.8. The van der Waals surface area contributed by atoms with Crippen molar-refractivity contribution >= 4 is 44.8 Å². The standard InChI is InChI=1S/C56H56O18S/c1-5-7-9-11-13-17-21-44-39-52(75-41(44)4)45-29-35-49-51(38-45)56(42-25-30-46(31-26-42)60-36-20-16-12-10-8-6-2)48-34-24-40(3)37-50(48)55(49)43-27-32-47(33-28-43)61-53(57)22-18-14-15-19-23-54(58)62-64-66-68-70-72-74-73-71-69-67-65-63-59/h24-35,37-39,59H,5-13,16-17,20-21,36H2,1-4H3. The summed E-state index contributed by atoms with van der Waals surface area (Å²) < 4.78 is 11.7. The van der Waals surface area contributed by atoms with E-state index >= 15 is 0 Å². The van der Waals surface area contributed by atoms with Crippen molar-refractivity contribution in [1.82, 2.24) is 0 Å². The molecule has 0 bridgehead atoms. The molecule has 0 amide bonds. The zero-order chi connectivity index (χ0) is 52.9. The zero-order valence-electron chi connectivity index (χ0n) is 41.9. The van der Waals surface area contributed by atoms with Gasteiger partial charge in [-0.1, -0.05) is 138 Å². The molecule has 18 nitrogen and oxygen atoms in total. The van der Waals surface area contributed by atoms with Gasteiger partial charge in [-0.2, -0.15) is 0 Å². The highest BCUT2D eigenvalue weighted by atomic mass is 32.1. The quantitative estimate of drug-likeness (QED) is 0.00631. The molecule has 1 aromatic heterocycles. The first kappa shape index (κ1) is 57.5. The predicted octanol–water partition coefficient (Wildman–Crippen LogP) is 13.4. The second-order valence-electron chi connectivity index (χ2n) is 16.8. The maximum absolute atomic E-state index is 12.7. The molecule has 0 saturated heterocycles. The lowest BCUT2D eigenvalue weighted by Crippen LogP contribution is -2.06. The molecule has 0 aliphatic heterocycles. The minimum absolute atomic E-state index is 0.278. The fraction of sp³-hybridized carbons (Fsp3) is 0.321. The van der Waals surface area contributed by atoms with Gasteiger partial charge in [0.2, 0.25) is 0 Å². The van der Waals surface area contributed by atoms with Crippen molar-refractivity contribution in [1.29, 1.82) is 0 Å². The van der Waals surface area contributed by atoms with E-state index in [0.717, 1.165) is 68.0 Å². The van der Waals surface area contributed by atoms with Gasteiger partial charge in [0.05, 0.1) is 6.61 Å². The van der Waals surface area contributed by atoms with Crippen molar-refractivity contribution in [2.75, 3.05) is 6.61 Å². The average Bonchev–Trinajstić information content (AvgIpc) is 3.80. The summed E-state index contributed by atoms with van der Waals surface area (Å²) in [5.74, 6) is 12.2. The summed E-state index contributed by atoms with van der Waals surface area (Å²) >= 11 is 1.86. The third-order valence-electron chi connectivity index (χ3n) is 11.6. The van der Waals surface area contributed by atoms with Gasteiger partial charge in [0.15, 0.2) is 0 Å². The van der Waals surface area contributed by atoms with Gasteiger partial charge in [-0.15, -0.1) is 11.3 Å². The normalized spacial score (nSPS) is 10.8. The van der Waals surface area contributed by atoms with Crippen molar-refractivity contribution in [3.8, 4) is 79.7 Å². The van der Waals surface area contributed by atoms with Gasteiger partial charge in [-0.25, -0.2) is 14.8 Å². The Bertz CT molecular complexity index is 2960. The molecular weight excluding hydrogens is 993 g/mol. The van der Waals surface area contributed by atoms with E-state index in [1.54, 1.807) is 12.1 Å². The van der Waals surface area contributed by atoms with Crippen molar-refractivity contribution in [3.05, 3.63) is 107 Å². The third-order valence-corrected chi connectivity index (χ3v) is 12.7. The van der Waals surface area contributed by atoms with Crippen LogP contribution in [0.25, 0.3) is 54.2 Å². The van der Waals surface area contributed by atoms with Gasteiger partial charge < -0.3 is 9.47 Å². The highest BCUT2D eigenvalue weighted by molar-refractivity contribution is 7.15. The number of benzene rings is 5. The molecule has 0 unspecified atom stereocenters. The molecule has 19 heteroatoms. The number of thiophene rings is 1. The molecule has 1 N–H and O–H groups in total. The first-order chi connectivity index (χ1) is 36.8. The number of hydrogen-bond donors (Lipinski definition) is 1. The maximum Gasteiger partial charge on any atom is 0.421 e. The van der Waals surface area contributed by atoms with Crippen LogP contribution in [0.5, 0.6) is 11.5 Å². The minimum Gasteiger partial charge on any atom is -0.494 e. The van der Waals surface area contributed by atoms with Crippen LogP contribution in [0.2, 0.25) is 0 Å². The molecule has 1 heterocycles. The number of ether oxygens (including phenoxy) is 2. The van der Waals surface area contributed by atoms with E-state index in [9.17, 15) is 9.59 Å². The van der Waals surface area contributed by atoms with E-state index in [-0.39, 0.29) is 5.75 Å². The Labute approximate surface area is 437 Å². The topological polar surface area (TPSA) is 193 Å². The Morgan fingerprint density at radius 1 is 0.493 bits per heavy atom. The lowest BCUT2D eigenvalue weighted by Gasteiger charge is -2.19. The molecule has 0 spiro atoms. The monoisotopic (exact) mass is 1050 g/mol. The Morgan fingerprint density at radius 3 is 1.61 bits per heavy atom. The number of carbonyl (C=O) groups is 2. The SMILES string of the molecule is CCCCCCCCOc1ccc(-c2c3ccc(C)cc3c(-c3ccc(OC(=O)C#CC#CC#CC(=O)OOOOOOOOOOOOOO)cc3)c3ccc(-c4cc(CCCCCCCC)c(C)s4)cc23)cc1. The summed E-state index contributed by atoms with van der Waals surface area (Å²) in [6.45, 7) is 9.53. The van der Waals surface area contributed by atoms with Gasteiger partial charge >= 0.3 is 11.9 Å². The molecular formula is C56H56O18S. The summed E-state index contributed by atoms with van der Waals surface area (Å²) in [6, 6.07) is 31.7. The highest BCUT2D eigenvalue weighted by Gasteiger charge is 2.19. The van der Waals surface area contributed by atoms with Crippen LogP contribution in [0, 0.1) is 49.4 Å². The fourth-order valence-electron chi connectivity index (χ4n) is 8.14. The summed E-state index contributed by atoms with van der Waals surface area (Å²) in [7, 11) is 0. The number of fused-ring (bicyclic) bond motifs is 2. The van der Waals surface area contributed by atoms with Crippen LogP contribution in [0.3, 0.4) is 0 Å². The second-order valence-corrected chi connectivity index (χ2v) is 18.0. The van der Waals surface area contributed by atoms with Crippen molar-refractivity contribution < 1.29 is 89.7 Å². The largest absolute Gasteiger partial charge is 0.494 e. The molecule has 5 aromatic carbocycles. The molecule has 394 valence electrons. The van der Waals surface area contributed by atoms with Crippen LogP contribution >= 0.6 is 11.3 Å². The van der Waals surface area contributed by atoms with E-state index in [0.29, 0.717) is 6.61 Å². The van der Waals surface area contributed by atoms with Gasteiger partial charge in [-0.05, 0) is 178 Å². The van der Waals surface area contributed by atoms with Gasteiger partial charge in [0.1, 0.15) is 11.5 Å². The van der Waals surface area contributed by atoms with Crippen molar-refractivity contribution in [2.45, 2.75) is 111 Å². The average molecular weight is 1050 g/mol. The molecule has 6 aromatic rings. The van der Waals surface area contributed by atoms with E-state index < -0.39 is 11.9 Å². The Morgan fingerprint density at radius 2 is 1.00 bits per heavy atom. The second kappa shape index (κ2) is 32.5. The maximum atomic E-state index is 12.7. The van der Waals surface area contributed by atoms with Crippen LogP contribution in [0.15, 0.2) is 91.0 Å². The minimum atomic E-state index is -1.28. The summed E-state index contributed by atoms with van der Waals surface area (Å²) in [5.41, 5.74) is 7.98. The van der Waals surface area contributed by atoms with Gasteiger partial charge in [-0.3, -0.25) is 4.89 Å². The van der Waals surface area contributed by atoms with Gasteiger partial charge in [0.25, 0.3) is 0 Å². The van der Waals surface area contributed by atoms with Crippen LogP contribution in [0.4, 0.5) is 0 Å². The molecule has 0 fully saturated rings. The van der Waals surface area contributed by atoms with Crippen LogP contribution < -0.4 is 9.47 Å². The molecule has 0 saturated carbocycles. The number of carbonyl (C=O) groups excluding carboxylic acids is 2. The van der Waals surface area contributed by atoms with Crippen LogP contribution in [-0.2, 0) is 81.4 Å². The van der Waals surface area contributed by atoms with E-state index in [4.69, 9.17) is 14.7 Å². The van der Waals surface area contributed by atoms with E-state index in [1.807, 2.05) is 29.4 Å². The smallest absolute Gasteiger partial charge is 0.421 e. The summed E-state index contributed by atoms with van der Waals surface area (Å²) in [6.07, 6.45) is 15.9. The number of hydrogen-bond acceptors (Lipinski definition) is 19. The molecule has 0 radical (unpaired) electrons. The number of esters is 1. The first-order valence-corrected chi connectivity index (χ1v) is 25.1. The van der Waals surface area contributed by atoms with Crippen LogP contribution in [0.1, 0.15) is 107 Å². The number of rotatable bonds is 31. The number of aryl methyl sites for hydroxylation is 3. The lowest BCUT2D eigenvalue weighted by molar-refractivity contribution is -0.874. The molecule has 0 aliphatic rings. The molecule has 75 heavy (non-hydrogen) atoms. The molecule has 6 rings (SSSR count). The summed E-state index contributed by atoms with van der Waals surface area (Å²) in [4.78, 5) is 30.9. The highest BCUT2D eigenvalue weighted by Crippen LogP contribution is 2.46. The third kappa shape index (κ3) is 18.8. The molecule has 0 atom stereocenters. The van der Waals surface area contributed by atoms with Crippen LogP contribution in [-0.4, -0.2) is 23.8 Å². The first-order valence-electron chi connectivity index (χ1n) is 24.3. The van der Waals surface area contributed by atoms with Crippen molar-refractivity contribution in [2.24, 2.45) is 0 Å².